The maximum absolute atomic E-state index is 13.5. The lowest BCUT2D eigenvalue weighted by Crippen LogP contribution is -2.38. The summed E-state index contributed by atoms with van der Waals surface area (Å²) in [5.41, 5.74) is 2.68. The highest BCUT2D eigenvalue weighted by Gasteiger charge is 2.43. The van der Waals surface area contributed by atoms with E-state index in [-0.39, 0.29) is 18.2 Å². The van der Waals surface area contributed by atoms with Gasteiger partial charge in [0.25, 0.3) is 5.91 Å². The van der Waals surface area contributed by atoms with Gasteiger partial charge in [-0.15, -0.1) is 0 Å². The molecule has 1 atom stereocenters. The van der Waals surface area contributed by atoms with Crippen LogP contribution in [0.3, 0.4) is 0 Å². The Morgan fingerprint density at radius 1 is 1.00 bits per heavy atom. The highest BCUT2D eigenvalue weighted by Crippen LogP contribution is 2.29. The van der Waals surface area contributed by atoms with Crippen molar-refractivity contribution in [3.05, 3.63) is 95.0 Å². The van der Waals surface area contributed by atoms with Gasteiger partial charge in [0.1, 0.15) is 6.04 Å². The van der Waals surface area contributed by atoms with E-state index in [0.29, 0.717) is 33.6 Å². The Labute approximate surface area is 226 Å². The average Bonchev–Trinajstić information content (AvgIpc) is 3.13. The first kappa shape index (κ1) is 26.3. The second-order valence-electron chi connectivity index (χ2n) is 8.55. The van der Waals surface area contributed by atoms with Gasteiger partial charge in [-0.2, -0.15) is 0 Å². The monoisotopic (exact) mass is 535 g/mol. The number of methoxy groups -OCH3 is 1. The number of nitrogens with zero attached hydrogens (tertiary/aromatic N) is 2. The Bertz CT molecular complexity index is 1280. The van der Waals surface area contributed by atoms with Gasteiger partial charge in [-0.1, -0.05) is 41.9 Å². The molecule has 2 amide bonds. The number of hydrogen-bond donors (Lipinski definition) is 1. The minimum atomic E-state index is -0.742. The van der Waals surface area contributed by atoms with Crippen LogP contribution in [0.2, 0.25) is 5.02 Å². The number of halogens is 1. The van der Waals surface area contributed by atoms with Crippen molar-refractivity contribution in [1.29, 1.82) is 0 Å². The van der Waals surface area contributed by atoms with Crippen LogP contribution in [0.4, 0.5) is 11.4 Å². The molecule has 1 fully saturated rings. The van der Waals surface area contributed by atoms with Gasteiger partial charge in [-0.3, -0.25) is 14.5 Å². The van der Waals surface area contributed by atoms with E-state index in [2.05, 4.69) is 17.4 Å². The number of carbonyl (C=O) groups excluding carboxylic acids is 3. The normalized spacial score (nSPS) is 15.1. The summed E-state index contributed by atoms with van der Waals surface area (Å²) >= 11 is 11.7. The topological polar surface area (TPSA) is 78.9 Å². The molecule has 1 aliphatic rings. The number of rotatable bonds is 9. The fraction of sp³-hybridized carbons (Fsp3) is 0.214. The zero-order valence-corrected chi connectivity index (χ0v) is 21.8. The van der Waals surface area contributed by atoms with Crippen molar-refractivity contribution >= 4 is 58.1 Å². The highest BCUT2D eigenvalue weighted by atomic mass is 35.5. The number of nitrogens with one attached hydrogen (secondary N) is 1. The highest BCUT2D eigenvalue weighted by molar-refractivity contribution is 7.80. The zero-order valence-electron chi connectivity index (χ0n) is 20.2. The molecule has 1 aliphatic heterocycles. The Morgan fingerprint density at radius 2 is 1.68 bits per heavy atom. The van der Waals surface area contributed by atoms with Gasteiger partial charge < -0.3 is 15.0 Å². The Balaban J connectivity index is 1.49. The van der Waals surface area contributed by atoms with Crippen molar-refractivity contribution in [3.63, 3.8) is 0 Å². The third-order valence-corrected chi connectivity index (χ3v) is 6.75. The van der Waals surface area contributed by atoms with Crippen molar-refractivity contribution in [1.82, 2.24) is 4.90 Å². The molecule has 1 saturated heterocycles. The standard InChI is InChI=1S/C28H26ClN3O4S/c1-36-27(35)20-9-13-22(14-10-20)30-25(33)18-24-26(34)32(23-15-11-21(29)12-16-23)28(37)31(24)17-5-8-19-6-3-2-4-7-19/h2-4,6-7,9-16,24H,5,8,17-18H2,1H3,(H,30,33). The molecule has 7 nitrogen and oxygen atoms in total. The smallest absolute Gasteiger partial charge is 0.337 e. The summed E-state index contributed by atoms with van der Waals surface area (Å²) in [5, 5.41) is 3.72. The van der Waals surface area contributed by atoms with E-state index in [9.17, 15) is 14.4 Å². The van der Waals surface area contributed by atoms with E-state index in [0.717, 1.165) is 12.8 Å². The van der Waals surface area contributed by atoms with Crippen LogP contribution in [-0.2, 0) is 20.7 Å². The molecule has 0 bridgehead atoms. The van der Waals surface area contributed by atoms with Crippen LogP contribution >= 0.6 is 23.8 Å². The van der Waals surface area contributed by atoms with Crippen molar-refractivity contribution in [2.45, 2.75) is 25.3 Å². The molecule has 0 aliphatic carbocycles. The largest absolute Gasteiger partial charge is 0.465 e. The zero-order chi connectivity index (χ0) is 26.4. The number of aryl methyl sites for hydroxylation is 1. The van der Waals surface area contributed by atoms with E-state index >= 15 is 0 Å². The molecule has 0 spiro atoms. The van der Waals surface area contributed by atoms with Gasteiger partial charge in [-0.25, -0.2) is 4.79 Å². The lowest BCUT2D eigenvalue weighted by molar-refractivity contribution is -0.124. The van der Waals surface area contributed by atoms with Crippen LogP contribution in [-0.4, -0.2) is 47.5 Å². The molecular formula is C28H26ClN3O4S. The predicted octanol–water partition coefficient (Wildman–Crippen LogP) is 5.09. The van der Waals surface area contributed by atoms with Crippen molar-refractivity contribution in [2.75, 3.05) is 23.9 Å². The second-order valence-corrected chi connectivity index (χ2v) is 9.35. The molecule has 3 aromatic rings. The number of anilines is 2. The molecule has 4 rings (SSSR count). The van der Waals surface area contributed by atoms with Crippen LogP contribution in [0.1, 0.15) is 28.8 Å². The molecule has 37 heavy (non-hydrogen) atoms. The molecule has 3 aromatic carbocycles. The summed E-state index contributed by atoms with van der Waals surface area (Å²) in [5.74, 6) is -1.06. The lowest BCUT2D eigenvalue weighted by atomic mass is 10.1. The molecule has 1 heterocycles. The lowest BCUT2D eigenvalue weighted by Gasteiger charge is -2.24. The van der Waals surface area contributed by atoms with E-state index in [4.69, 9.17) is 28.6 Å². The summed E-state index contributed by atoms with van der Waals surface area (Å²) < 4.78 is 4.70. The molecule has 0 radical (unpaired) electrons. The van der Waals surface area contributed by atoms with E-state index in [1.54, 1.807) is 48.5 Å². The van der Waals surface area contributed by atoms with Crippen LogP contribution in [0.25, 0.3) is 0 Å². The molecule has 1 N–H and O–H groups in total. The molecule has 0 saturated carbocycles. The van der Waals surface area contributed by atoms with Gasteiger partial charge in [0.05, 0.1) is 24.8 Å². The van der Waals surface area contributed by atoms with Gasteiger partial charge in [0, 0.05) is 17.3 Å². The van der Waals surface area contributed by atoms with Gasteiger partial charge in [0.15, 0.2) is 5.11 Å². The minimum Gasteiger partial charge on any atom is -0.465 e. The SMILES string of the molecule is COC(=O)c1ccc(NC(=O)CC2C(=O)N(c3ccc(Cl)cc3)C(=S)N2CCCc2ccccc2)cc1. The average molecular weight is 536 g/mol. The summed E-state index contributed by atoms with van der Waals surface area (Å²) in [6, 6.07) is 22.6. The van der Waals surface area contributed by atoms with E-state index in [1.807, 2.05) is 23.1 Å². The van der Waals surface area contributed by atoms with Crippen LogP contribution < -0.4 is 10.2 Å². The van der Waals surface area contributed by atoms with E-state index in [1.165, 1.54) is 17.6 Å². The number of amides is 2. The molecular weight excluding hydrogens is 510 g/mol. The Kier molecular flexibility index (Phi) is 8.53. The number of thiocarbonyl (C=S) groups is 1. The summed E-state index contributed by atoms with van der Waals surface area (Å²) in [4.78, 5) is 41.4. The fourth-order valence-electron chi connectivity index (χ4n) is 4.21. The number of benzene rings is 3. The third kappa shape index (κ3) is 6.34. The second kappa shape index (κ2) is 12.0. The maximum atomic E-state index is 13.5. The first-order chi connectivity index (χ1) is 17.9. The van der Waals surface area contributed by atoms with Crippen LogP contribution in [0.15, 0.2) is 78.9 Å². The van der Waals surface area contributed by atoms with Crippen molar-refractivity contribution < 1.29 is 19.1 Å². The van der Waals surface area contributed by atoms with Crippen LogP contribution in [0, 0.1) is 0 Å². The first-order valence-corrected chi connectivity index (χ1v) is 12.6. The van der Waals surface area contributed by atoms with Gasteiger partial charge >= 0.3 is 5.97 Å². The summed E-state index contributed by atoms with van der Waals surface area (Å²) in [6.07, 6.45) is 1.51. The first-order valence-electron chi connectivity index (χ1n) is 11.8. The van der Waals surface area contributed by atoms with Gasteiger partial charge in [-0.05, 0) is 79.2 Å². The number of ether oxygens (including phenoxy) is 1. The summed E-state index contributed by atoms with van der Waals surface area (Å²) in [6.45, 7) is 0.523. The Hall–Kier alpha value is -3.75. The predicted molar refractivity (Wildman–Crippen MR) is 148 cm³/mol. The maximum Gasteiger partial charge on any atom is 0.337 e. The van der Waals surface area contributed by atoms with Crippen LogP contribution in [0.5, 0.6) is 0 Å². The number of esters is 1. The fourth-order valence-corrected chi connectivity index (χ4v) is 4.75. The molecule has 9 heteroatoms. The minimum absolute atomic E-state index is 0.0762. The Morgan fingerprint density at radius 3 is 2.32 bits per heavy atom. The van der Waals surface area contributed by atoms with E-state index < -0.39 is 12.0 Å². The third-order valence-electron chi connectivity index (χ3n) is 6.08. The molecule has 1 unspecified atom stereocenters. The number of carbonyl (C=O) groups is 3. The van der Waals surface area contributed by atoms with Crippen molar-refractivity contribution in [3.8, 4) is 0 Å². The number of hydrogen-bond acceptors (Lipinski definition) is 5. The molecule has 0 aromatic heterocycles. The molecule has 190 valence electrons. The van der Waals surface area contributed by atoms with Gasteiger partial charge in [0.2, 0.25) is 5.91 Å². The quantitative estimate of drug-likeness (QED) is 0.304. The summed E-state index contributed by atoms with van der Waals surface area (Å²) in [7, 11) is 1.31. The van der Waals surface area contributed by atoms with Crippen molar-refractivity contribution in [2.24, 2.45) is 0 Å².